The third-order valence-electron chi connectivity index (χ3n) is 4.37. The van der Waals surface area contributed by atoms with E-state index < -0.39 is 0 Å². The van der Waals surface area contributed by atoms with Gasteiger partial charge in [-0.05, 0) is 32.0 Å². The molecular weight excluding hydrogens is 372 g/mol. The second-order valence-corrected chi connectivity index (χ2v) is 7.28. The molecule has 7 heteroatoms. The van der Waals surface area contributed by atoms with Crippen molar-refractivity contribution in [2.45, 2.75) is 13.8 Å². The number of aromatic hydroxyl groups is 1. The van der Waals surface area contributed by atoms with Gasteiger partial charge in [0, 0.05) is 16.2 Å². The van der Waals surface area contributed by atoms with Crippen molar-refractivity contribution in [3.8, 4) is 11.6 Å². The highest BCUT2D eigenvalue weighted by Crippen LogP contribution is 2.26. The Morgan fingerprint density at radius 1 is 1.11 bits per heavy atom. The minimum Gasteiger partial charge on any atom is -0.494 e. The van der Waals surface area contributed by atoms with Crippen molar-refractivity contribution < 1.29 is 5.11 Å². The first-order valence-corrected chi connectivity index (χ1v) is 9.57. The fraction of sp³-hybridized carbons (Fsp3) is 0.0952. The molecule has 28 heavy (non-hydrogen) atoms. The zero-order chi connectivity index (χ0) is 19.7. The van der Waals surface area contributed by atoms with Gasteiger partial charge in [0.2, 0.25) is 11.0 Å². The summed E-state index contributed by atoms with van der Waals surface area (Å²) < 4.78 is 1.30. The molecule has 2 N–H and O–H groups in total. The Kier molecular flexibility index (Phi) is 4.67. The summed E-state index contributed by atoms with van der Waals surface area (Å²) in [5.41, 5.74) is 5.61. The van der Waals surface area contributed by atoms with Crippen LogP contribution in [0, 0.1) is 13.8 Å². The maximum absolute atomic E-state index is 13.0. The Balaban J connectivity index is 1.87. The van der Waals surface area contributed by atoms with E-state index in [4.69, 9.17) is 0 Å². The number of aromatic nitrogens is 2. The van der Waals surface area contributed by atoms with Crippen molar-refractivity contribution in [2.75, 3.05) is 5.43 Å². The molecule has 0 bridgehead atoms. The lowest BCUT2D eigenvalue weighted by Gasteiger charge is -2.13. The maximum atomic E-state index is 13.0. The number of hydrazone groups is 1. The van der Waals surface area contributed by atoms with Crippen LogP contribution in [0.4, 0.5) is 5.13 Å². The number of pyridine rings is 1. The standard InChI is InChI=1S/C21H18N4O2S/c1-13-7-9-15(10-8-13)25-19(26)17-6-4-3-5-16(17)18(20(25)27)11-22-24-21-23-14(2)12-28-21/h3-12,27H,1-2H3,(H,23,24). The van der Waals surface area contributed by atoms with Crippen molar-refractivity contribution in [1.29, 1.82) is 0 Å². The number of aryl methyl sites for hydroxylation is 2. The van der Waals surface area contributed by atoms with Crippen LogP contribution in [0.15, 0.2) is 63.8 Å². The molecule has 0 saturated heterocycles. The van der Waals surface area contributed by atoms with E-state index in [9.17, 15) is 9.90 Å². The average molecular weight is 390 g/mol. The summed E-state index contributed by atoms with van der Waals surface area (Å²) in [5.74, 6) is -0.159. The van der Waals surface area contributed by atoms with Gasteiger partial charge in [0.15, 0.2) is 0 Å². The first-order valence-electron chi connectivity index (χ1n) is 8.69. The van der Waals surface area contributed by atoms with E-state index in [-0.39, 0.29) is 11.4 Å². The molecule has 0 amide bonds. The quantitative estimate of drug-likeness (QED) is 0.404. The molecular formula is C21H18N4O2S. The number of rotatable bonds is 4. The Hall–Kier alpha value is -3.45. The van der Waals surface area contributed by atoms with Crippen molar-refractivity contribution in [3.05, 3.63) is 81.1 Å². The molecule has 0 aliphatic carbocycles. The number of thiazole rings is 1. The number of benzene rings is 2. The molecule has 4 rings (SSSR count). The molecule has 2 aromatic heterocycles. The average Bonchev–Trinajstić information content (AvgIpc) is 3.11. The largest absolute Gasteiger partial charge is 0.494 e. The molecule has 0 aliphatic rings. The highest BCUT2D eigenvalue weighted by Gasteiger charge is 2.16. The molecule has 2 heterocycles. The van der Waals surface area contributed by atoms with Gasteiger partial charge in [-0.3, -0.25) is 10.2 Å². The smallest absolute Gasteiger partial charge is 0.265 e. The SMILES string of the molecule is Cc1ccc(-n2c(O)c(C=NNc3nc(C)cs3)c3ccccc3c2=O)cc1. The molecule has 0 aliphatic heterocycles. The van der Waals surface area contributed by atoms with Crippen LogP contribution in [0.1, 0.15) is 16.8 Å². The van der Waals surface area contributed by atoms with Crippen LogP contribution in [0.5, 0.6) is 5.88 Å². The summed E-state index contributed by atoms with van der Waals surface area (Å²) >= 11 is 1.44. The molecule has 2 aromatic carbocycles. The van der Waals surface area contributed by atoms with Gasteiger partial charge < -0.3 is 5.11 Å². The lowest BCUT2D eigenvalue weighted by molar-refractivity contribution is 0.436. The second kappa shape index (κ2) is 7.28. The minimum atomic E-state index is -0.280. The van der Waals surface area contributed by atoms with Crippen molar-refractivity contribution in [3.63, 3.8) is 0 Å². The normalized spacial score (nSPS) is 11.4. The summed E-state index contributed by atoms with van der Waals surface area (Å²) in [5, 5.41) is 18.9. The van der Waals surface area contributed by atoms with E-state index in [0.717, 1.165) is 11.3 Å². The van der Waals surface area contributed by atoms with E-state index >= 15 is 0 Å². The summed E-state index contributed by atoms with van der Waals surface area (Å²) in [4.78, 5) is 17.3. The summed E-state index contributed by atoms with van der Waals surface area (Å²) in [6.45, 7) is 3.87. The monoisotopic (exact) mass is 390 g/mol. The van der Waals surface area contributed by atoms with Crippen LogP contribution < -0.4 is 11.0 Å². The Bertz CT molecular complexity index is 1240. The zero-order valence-corrected chi connectivity index (χ0v) is 16.2. The molecule has 0 radical (unpaired) electrons. The van der Waals surface area contributed by atoms with Gasteiger partial charge in [0.05, 0.1) is 23.2 Å². The first kappa shape index (κ1) is 17.9. The molecule has 0 unspecified atom stereocenters. The van der Waals surface area contributed by atoms with Crippen LogP contribution in [0.2, 0.25) is 0 Å². The highest BCUT2D eigenvalue weighted by atomic mass is 32.1. The summed E-state index contributed by atoms with van der Waals surface area (Å²) in [6, 6.07) is 14.6. The number of hydrogen-bond donors (Lipinski definition) is 2. The predicted molar refractivity (Wildman–Crippen MR) is 114 cm³/mol. The van der Waals surface area contributed by atoms with Gasteiger partial charge >= 0.3 is 0 Å². The number of fused-ring (bicyclic) bond motifs is 1. The summed E-state index contributed by atoms with van der Waals surface area (Å²) in [6.07, 6.45) is 1.51. The number of nitrogens with one attached hydrogen (secondary N) is 1. The van der Waals surface area contributed by atoms with Crippen LogP contribution in [0.25, 0.3) is 16.5 Å². The predicted octanol–water partition coefficient (Wildman–Crippen LogP) is 4.22. The van der Waals surface area contributed by atoms with Crippen molar-refractivity contribution in [2.24, 2.45) is 5.10 Å². The molecule has 0 fully saturated rings. The molecule has 6 nitrogen and oxygen atoms in total. The van der Waals surface area contributed by atoms with Gasteiger partial charge in [-0.2, -0.15) is 5.10 Å². The number of hydrogen-bond acceptors (Lipinski definition) is 6. The summed E-state index contributed by atoms with van der Waals surface area (Å²) in [7, 11) is 0. The highest BCUT2D eigenvalue weighted by molar-refractivity contribution is 7.13. The van der Waals surface area contributed by atoms with E-state index in [0.29, 0.717) is 27.2 Å². The lowest BCUT2D eigenvalue weighted by atomic mass is 10.1. The second-order valence-electron chi connectivity index (χ2n) is 6.42. The minimum absolute atomic E-state index is 0.159. The van der Waals surface area contributed by atoms with Crippen LogP contribution >= 0.6 is 11.3 Å². The molecule has 0 saturated carbocycles. The first-order chi connectivity index (χ1) is 13.5. The third-order valence-corrected chi connectivity index (χ3v) is 5.23. The van der Waals surface area contributed by atoms with E-state index in [1.165, 1.54) is 22.1 Å². The molecule has 4 aromatic rings. The van der Waals surface area contributed by atoms with Gasteiger partial charge in [-0.15, -0.1) is 11.3 Å². The number of anilines is 1. The van der Waals surface area contributed by atoms with E-state index in [2.05, 4.69) is 15.5 Å². The fourth-order valence-corrected chi connectivity index (χ4v) is 3.62. The maximum Gasteiger partial charge on any atom is 0.265 e. The van der Waals surface area contributed by atoms with Gasteiger partial charge in [-0.25, -0.2) is 9.55 Å². The molecule has 0 spiro atoms. The van der Waals surface area contributed by atoms with Gasteiger partial charge in [-0.1, -0.05) is 35.9 Å². The van der Waals surface area contributed by atoms with Crippen LogP contribution in [0.3, 0.4) is 0 Å². The lowest BCUT2D eigenvalue weighted by Crippen LogP contribution is -2.20. The Labute approximate surface area is 165 Å². The Morgan fingerprint density at radius 3 is 2.50 bits per heavy atom. The van der Waals surface area contributed by atoms with Crippen molar-refractivity contribution in [1.82, 2.24) is 9.55 Å². The fourth-order valence-electron chi connectivity index (χ4n) is 2.98. The third kappa shape index (κ3) is 3.27. The van der Waals surface area contributed by atoms with Crippen LogP contribution in [-0.2, 0) is 0 Å². The van der Waals surface area contributed by atoms with Crippen molar-refractivity contribution >= 4 is 33.5 Å². The molecule has 140 valence electrons. The Morgan fingerprint density at radius 2 is 1.82 bits per heavy atom. The van der Waals surface area contributed by atoms with Gasteiger partial charge in [0.1, 0.15) is 0 Å². The zero-order valence-electron chi connectivity index (χ0n) is 15.4. The topological polar surface area (TPSA) is 79.5 Å². The molecule has 0 atom stereocenters. The van der Waals surface area contributed by atoms with E-state index in [1.54, 1.807) is 18.2 Å². The van der Waals surface area contributed by atoms with E-state index in [1.807, 2.05) is 49.6 Å². The van der Waals surface area contributed by atoms with Crippen LogP contribution in [-0.4, -0.2) is 20.9 Å². The van der Waals surface area contributed by atoms with Gasteiger partial charge in [0.25, 0.3) is 5.56 Å². The number of nitrogens with zero attached hydrogens (tertiary/aromatic N) is 3.